The number of benzene rings is 3. The molecule has 0 spiro atoms. The van der Waals surface area contributed by atoms with Gasteiger partial charge < -0.3 is 83.2 Å². The zero-order valence-corrected chi connectivity index (χ0v) is 79.5. The van der Waals surface area contributed by atoms with E-state index in [0.29, 0.717) is 95.6 Å². The van der Waals surface area contributed by atoms with E-state index in [1.165, 1.54) is 126 Å². The largest absolute Gasteiger partial charge is 0.507 e. The molecule has 5 saturated carbocycles. The third kappa shape index (κ3) is 65.7. The molecule has 0 saturated heterocycles. The van der Waals surface area contributed by atoms with Crippen LogP contribution in [0.5, 0.6) is 5.75 Å². The summed E-state index contributed by atoms with van der Waals surface area (Å²) in [5.41, 5.74) is 0.524. The van der Waals surface area contributed by atoms with Crippen molar-refractivity contribution in [2.75, 3.05) is 52.4 Å². The molecule has 3 aromatic carbocycles. The number of carbonyl (C=O) groups is 15. The molecule has 1 atom stereocenters. The van der Waals surface area contributed by atoms with E-state index in [-0.39, 0.29) is 153 Å². The van der Waals surface area contributed by atoms with E-state index in [9.17, 15) is 89.8 Å². The standard InChI is InChI=1S/2C14H25NO3.C13H14FNO3.C13H23NO3.C12H21NO3.C11H13NO4.C11H19NO3.C10H13NO4S/c1-11-6-8-12(9-7-11)14(18)15-10-4-2-3-5-13(16)17;1-2-12(11-7-4-3-5-8-11)14(18)15-10-6-9-13(16)17;14-11-5-2-1-4-10(11)7-8-12(16)15-9-3-6-13(17)18;15-12(14-10-4-7-13(16)17)9-8-11-5-2-1-3-6-11;14-11(15)8-5-9-13-12(16)10-6-3-1-2-4-7-10;13-9-5-2-1-4-8(9)11(16)12-7-3-6-10(14)15;13-10(14)7-4-8-12-11(15)9-5-2-1-3-6-9;12-10(13)7-4-8-11-16(14,15)9-5-2-1-3-6-9/h2*11-12H,2-10H2,1H3,(H,15,18)(H,16,17);1-2,4-5,7-8H,3,6,9H2,(H,15,16)(H,17,18);11H,1-10H2,(H,14,15)(H,16,17);10H,1-9H2,(H,13,16)(H,14,15);1-2,4-5,13H,3,6-7H2,(H,12,16)(H,14,15);9H,1-8H2,(H,12,15)(H,13,14);1-3,5-6,11H,4,7-8H2,(H,12,13)/b;;8-7+;;;;;. The summed E-state index contributed by atoms with van der Waals surface area (Å²) >= 11 is 0. The van der Waals surface area contributed by atoms with E-state index in [4.69, 9.17) is 40.9 Å². The van der Waals surface area contributed by atoms with Gasteiger partial charge in [0.1, 0.15) is 11.6 Å². The molecule has 7 amide bonds. The number of phenols is 1. The Morgan fingerprint density at radius 2 is 0.746 bits per heavy atom. The SMILES string of the molecule is CC1CCC(C(=O)NCCCCCC(=O)O)CC1.CCC(C(=O)NCCCC(=O)O)C1CCCCC1.O=C(O)CCCNC(=O)/C=C/c1ccccc1F.O=C(O)CCCNC(=O)C1CCCCC1.O=C(O)CCCNC(=O)C1CCCCCC1.O=C(O)CCCNC(=O)CCC1CCCCC1.O=C(O)CCCNC(=O)c1ccccc1O.O=C(O)CCCNS(=O)(=O)c1ccccc1. The molecule has 0 heterocycles. The number of para-hydroxylation sites is 1. The van der Waals surface area contributed by atoms with Crippen molar-refractivity contribution in [1.82, 2.24) is 41.9 Å². The Morgan fingerprint density at radius 1 is 0.381 bits per heavy atom. The number of nitrogens with one attached hydrogen (secondary N) is 8. The fourth-order valence-corrected chi connectivity index (χ4v) is 16.5. The molecule has 5 fully saturated rings. The highest BCUT2D eigenvalue weighted by Crippen LogP contribution is 2.33. The predicted octanol–water partition coefficient (Wildman–Crippen LogP) is 14.6. The molecule has 5 aliphatic carbocycles. The minimum absolute atomic E-state index is 0.0112. The third-order valence-corrected chi connectivity index (χ3v) is 24.5. The second-order valence-corrected chi connectivity index (χ2v) is 36.0. The van der Waals surface area contributed by atoms with Gasteiger partial charge in [-0.05, 0) is 189 Å². The highest BCUT2D eigenvalue weighted by molar-refractivity contribution is 7.89. The molecule has 3 aromatic rings. The van der Waals surface area contributed by atoms with Crippen LogP contribution in [0.2, 0.25) is 0 Å². The lowest BCUT2D eigenvalue weighted by Crippen LogP contribution is -2.36. The Kier molecular flexibility index (Phi) is 69.0. The number of unbranched alkanes of at least 4 members (excludes halogenated alkanes) is 2. The zero-order chi connectivity index (χ0) is 99.5. The molecular formula is C98H153FN8O26S. The number of phenolic OH excluding ortho intramolecular Hbond substituents is 1. The number of amides is 7. The zero-order valence-electron chi connectivity index (χ0n) is 78.6. The molecule has 134 heavy (non-hydrogen) atoms. The van der Waals surface area contributed by atoms with Gasteiger partial charge in [0.2, 0.25) is 45.5 Å². The summed E-state index contributed by atoms with van der Waals surface area (Å²) in [5.74, 6) is -4.62. The molecular weight excluding hydrogens is 1760 g/mol. The number of carboxylic acid groups (broad SMARTS) is 8. The second-order valence-electron chi connectivity index (χ2n) is 34.3. The third-order valence-electron chi connectivity index (χ3n) is 23.0. The Bertz CT molecular complexity index is 4050. The Labute approximate surface area is 789 Å². The minimum Gasteiger partial charge on any atom is -0.507 e. The van der Waals surface area contributed by atoms with Crippen molar-refractivity contribution < 1.29 is 131 Å². The Balaban J connectivity index is 0.000000766. The summed E-state index contributed by atoms with van der Waals surface area (Å²) < 4.78 is 38.8. The van der Waals surface area contributed by atoms with Crippen molar-refractivity contribution in [2.45, 2.75) is 314 Å². The first-order valence-electron chi connectivity index (χ1n) is 48.0. The number of carbonyl (C=O) groups excluding carboxylic acids is 7. The summed E-state index contributed by atoms with van der Waals surface area (Å²) in [5, 5.41) is 96.2. The number of rotatable bonds is 48. The lowest BCUT2D eigenvalue weighted by molar-refractivity contribution is -0.138. The topological polar surface area (TPSA) is 568 Å². The van der Waals surface area contributed by atoms with Gasteiger partial charge in [0.15, 0.2) is 0 Å². The Hall–Kier alpha value is -10.9. The highest BCUT2D eigenvalue weighted by atomic mass is 32.2. The monoisotopic (exact) mass is 1910 g/mol. The molecule has 1 unspecified atom stereocenters. The van der Waals surface area contributed by atoms with Gasteiger partial charge >= 0.3 is 47.8 Å². The van der Waals surface area contributed by atoms with Gasteiger partial charge in [-0.2, -0.15) is 0 Å². The van der Waals surface area contributed by atoms with Crippen LogP contribution in [0.25, 0.3) is 6.08 Å². The van der Waals surface area contributed by atoms with Crippen LogP contribution in [-0.2, 0) is 77.1 Å². The molecule has 36 heteroatoms. The van der Waals surface area contributed by atoms with Crippen LogP contribution in [-0.4, -0.2) is 196 Å². The van der Waals surface area contributed by atoms with E-state index in [1.807, 2.05) is 0 Å². The van der Waals surface area contributed by atoms with E-state index in [2.05, 4.69) is 55.8 Å². The number of aromatic hydroxyl groups is 1. The quantitative estimate of drug-likeness (QED) is 0.0142. The number of aliphatic carboxylic acids is 8. The summed E-state index contributed by atoms with van der Waals surface area (Å²) in [4.78, 5) is 164. The molecule has 17 N–H and O–H groups in total. The van der Waals surface area contributed by atoms with Gasteiger partial charge in [0.25, 0.3) is 5.91 Å². The molecule has 754 valence electrons. The lowest BCUT2D eigenvalue weighted by atomic mass is 9.78. The fourth-order valence-electron chi connectivity index (χ4n) is 15.4. The van der Waals surface area contributed by atoms with E-state index in [0.717, 1.165) is 115 Å². The van der Waals surface area contributed by atoms with Crippen molar-refractivity contribution in [2.24, 2.45) is 41.4 Å². The maximum absolute atomic E-state index is 13.2. The fraction of sp³-hybridized carbons (Fsp3) is 0.643. The number of hydrogen-bond acceptors (Lipinski definition) is 18. The molecule has 0 radical (unpaired) electrons. The molecule has 5 aliphatic rings. The molecule has 0 aromatic heterocycles. The molecule has 8 rings (SSSR count). The van der Waals surface area contributed by atoms with Gasteiger partial charge in [-0.1, -0.05) is 165 Å². The maximum Gasteiger partial charge on any atom is 0.303 e. The van der Waals surface area contributed by atoms with Crippen molar-refractivity contribution in [3.63, 3.8) is 0 Å². The summed E-state index contributed by atoms with van der Waals surface area (Å²) in [7, 11) is -3.50. The lowest BCUT2D eigenvalue weighted by Gasteiger charge is -2.28. The van der Waals surface area contributed by atoms with Gasteiger partial charge in [-0.25, -0.2) is 17.5 Å². The maximum atomic E-state index is 13.2. The number of carboxylic acids is 8. The summed E-state index contributed by atoms with van der Waals surface area (Å²) in [6.07, 6.45) is 40.6. The summed E-state index contributed by atoms with van der Waals surface area (Å²) in [6.45, 7) is 7.63. The van der Waals surface area contributed by atoms with Crippen molar-refractivity contribution in [3.05, 3.63) is 102 Å². The van der Waals surface area contributed by atoms with Crippen LogP contribution in [0, 0.1) is 47.2 Å². The van der Waals surface area contributed by atoms with Gasteiger partial charge in [0.05, 0.1) is 10.5 Å². The number of halogens is 1. The highest BCUT2D eigenvalue weighted by Gasteiger charge is 2.29. The first-order valence-corrected chi connectivity index (χ1v) is 49.5. The Morgan fingerprint density at radius 3 is 1.19 bits per heavy atom. The normalized spacial score (nSPS) is 15.7. The van der Waals surface area contributed by atoms with Crippen LogP contribution in [0.4, 0.5) is 4.39 Å². The van der Waals surface area contributed by atoms with E-state index >= 15 is 0 Å². The first-order chi connectivity index (χ1) is 64.0. The smallest absolute Gasteiger partial charge is 0.303 e. The van der Waals surface area contributed by atoms with Crippen molar-refractivity contribution >= 4 is 105 Å². The molecule has 34 nitrogen and oxygen atoms in total. The number of hydrogen-bond donors (Lipinski definition) is 17. The first kappa shape index (κ1) is 121. The van der Waals surface area contributed by atoms with Crippen molar-refractivity contribution in [1.29, 1.82) is 0 Å². The van der Waals surface area contributed by atoms with Crippen LogP contribution >= 0.6 is 0 Å². The van der Waals surface area contributed by atoms with Gasteiger partial charge in [-0.15, -0.1) is 0 Å². The van der Waals surface area contributed by atoms with E-state index in [1.54, 1.807) is 48.5 Å². The van der Waals surface area contributed by atoms with Crippen LogP contribution < -0.4 is 41.9 Å². The van der Waals surface area contributed by atoms with Crippen LogP contribution in [0.3, 0.4) is 0 Å². The van der Waals surface area contributed by atoms with Crippen LogP contribution in [0.1, 0.15) is 325 Å². The molecule has 0 bridgehead atoms. The van der Waals surface area contributed by atoms with Crippen LogP contribution in [0.15, 0.2) is 89.8 Å². The number of sulfonamides is 1. The van der Waals surface area contributed by atoms with Gasteiger partial charge in [0, 0.05) is 145 Å². The predicted molar refractivity (Wildman–Crippen MR) is 505 cm³/mol. The van der Waals surface area contributed by atoms with Gasteiger partial charge in [-0.3, -0.25) is 71.9 Å². The average Bonchev–Trinajstić information content (AvgIpc) is 0.864. The second kappa shape index (κ2) is 76.4. The van der Waals surface area contributed by atoms with Crippen molar-refractivity contribution in [3.8, 4) is 5.75 Å². The average molecular weight is 1910 g/mol. The summed E-state index contributed by atoms with van der Waals surface area (Å²) in [6, 6.07) is 20.3. The molecule has 0 aliphatic heterocycles. The van der Waals surface area contributed by atoms with E-state index < -0.39 is 69.5 Å². The minimum atomic E-state index is -3.50.